The highest BCUT2D eigenvalue weighted by Gasteiger charge is 2.19. The van der Waals surface area contributed by atoms with Gasteiger partial charge in [0.25, 0.3) is 0 Å². The number of rotatable bonds is 2. The van der Waals surface area contributed by atoms with E-state index in [1.165, 1.54) is 24.0 Å². The lowest BCUT2D eigenvalue weighted by Crippen LogP contribution is -2.13. The van der Waals surface area contributed by atoms with Crippen LogP contribution < -0.4 is 10.1 Å². The quantitative estimate of drug-likeness (QED) is 0.775. The summed E-state index contributed by atoms with van der Waals surface area (Å²) in [6.45, 7) is 3.25. The number of methoxy groups -OCH3 is 1. The first-order valence-electron chi connectivity index (χ1n) is 5.19. The Bertz CT molecular complexity index is 316. The normalized spacial score (nSPS) is 21.1. The van der Waals surface area contributed by atoms with Crippen LogP contribution in [-0.4, -0.2) is 13.7 Å². The molecule has 0 spiro atoms. The number of ether oxygens (including phenoxy) is 1. The van der Waals surface area contributed by atoms with Gasteiger partial charge in [-0.1, -0.05) is 17.7 Å². The fourth-order valence-electron chi connectivity index (χ4n) is 2.08. The molecule has 0 unspecified atom stereocenters. The number of aryl methyl sites for hydroxylation is 1. The lowest BCUT2D eigenvalue weighted by molar-refractivity contribution is 0.403. The second kappa shape index (κ2) is 4.01. The smallest absolute Gasteiger partial charge is 0.123 e. The second-order valence-electron chi connectivity index (χ2n) is 3.89. The molecule has 76 valence electrons. The number of benzene rings is 1. The maximum Gasteiger partial charge on any atom is 0.123 e. The Balaban J connectivity index is 2.33. The van der Waals surface area contributed by atoms with Crippen molar-refractivity contribution in [2.24, 2.45) is 0 Å². The van der Waals surface area contributed by atoms with Crippen LogP contribution in [0.3, 0.4) is 0 Å². The first kappa shape index (κ1) is 9.53. The SMILES string of the molecule is COc1ccc(C)cc1[C@H]1CCCN1. The molecule has 1 N–H and O–H groups in total. The van der Waals surface area contributed by atoms with Gasteiger partial charge in [0, 0.05) is 11.6 Å². The van der Waals surface area contributed by atoms with Crippen molar-refractivity contribution >= 4 is 0 Å². The van der Waals surface area contributed by atoms with Gasteiger partial charge in [-0.25, -0.2) is 0 Å². The maximum absolute atomic E-state index is 5.37. The number of nitrogens with one attached hydrogen (secondary N) is 1. The molecule has 14 heavy (non-hydrogen) atoms. The molecule has 2 nitrogen and oxygen atoms in total. The van der Waals surface area contributed by atoms with Gasteiger partial charge in [0.2, 0.25) is 0 Å². The molecule has 1 aromatic carbocycles. The molecule has 2 rings (SSSR count). The summed E-state index contributed by atoms with van der Waals surface area (Å²) in [6, 6.07) is 6.87. The standard InChI is InChI=1S/C12H17NO/c1-9-5-6-12(14-2)10(8-9)11-4-3-7-13-11/h5-6,8,11,13H,3-4,7H2,1-2H3/t11-/m1/s1. The summed E-state index contributed by atoms with van der Waals surface area (Å²) in [4.78, 5) is 0. The lowest BCUT2D eigenvalue weighted by Gasteiger charge is -2.15. The molecule has 1 saturated heterocycles. The van der Waals surface area contributed by atoms with Crippen LogP contribution in [0.2, 0.25) is 0 Å². The largest absolute Gasteiger partial charge is 0.496 e. The fraction of sp³-hybridized carbons (Fsp3) is 0.500. The van der Waals surface area contributed by atoms with Gasteiger partial charge in [-0.05, 0) is 32.4 Å². The van der Waals surface area contributed by atoms with Crippen LogP contribution in [0.1, 0.15) is 30.0 Å². The molecule has 1 aliphatic rings. The van der Waals surface area contributed by atoms with E-state index in [1.807, 2.05) is 0 Å². The Morgan fingerprint density at radius 1 is 1.43 bits per heavy atom. The van der Waals surface area contributed by atoms with Crippen molar-refractivity contribution in [2.75, 3.05) is 13.7 Å². The van der Waals surface area contributed by atoms with Gasteiger partial charge in [-0.2, -0.15) is 0 Å². The van der Waals surface area contributed by atoms with Gasteiger partial charge in [0.1, 0.15) is 5.75 Å². The summed E-state index contributed by atoms with van der Waals surface area (Å²) in [5.74, 6) is 1.01. The molecule has 1 aliphatic heterocycles. The summed E-state index contributed by atoms with van der Waals surface area (Å²) >= 11 is 0. The Hall–Kier alpha value is -1.02. The van der Waals surface area contributed by atoms with Crippen LogP contribution in [0.15, 0.2) is 18.2 Å². The first-order chi connectivity index (χ1) is 6.81. The van der Waals surface area contributed by atoms with Crippen LogP contribution in [-0.2, 0) is 0 Å². The highest BCUT2D eigenvalue weighted by Crippen LogP contribution is 2.31. The highest BCUT2D eigenvalue weighted by molar-refractivity contribution is 5.39. The van der Waals surface area contributed by atoms with Gasteiger partial charge in [-0.3, -0.25) is 0 Å². The molecule has 0 radical (unpaired) electrons. The first-order valence-corrected chi connectivity index (χ1v) is 5.19. The molecular formula is C12H17NO. The number of hydrogen-bond acceptors (Lipinski definition) is 2. The highest BCUT2D eigenvalue weighted by atomic mass is 16.5. The predicted octanol–water partition coefficient (Wildman–Crippen LogP) is 2.43. The van der Waals surface area contributed by atoms with E-state index < -0.39 is 0 Å². The van der Waals surface area contributed by atoms with Crippen LogP contribution >= 0.6 is 0 Å². The van der Waals surface area contributed by atoms with Crippen LogP contribution in [0.5, 0.6) is 5.75 Å². The summed E-state index contributed by atoms with van der Waals surface area (Å²) < 4.78 is 5.37. The van der Waals surface area contributed by atoms with Crippen molar-refractivity contribution < 1.29 is 4.74 Å². The third-order valence-corrected chi connectivity index (χ3v) is 2.82. The Kier molecular flexibility index (Phi) is 2.73. The molecule has 0 saturated carbocycles. The second-order valence-corrected chi connectivity index (χ2v) is 3.89. The molecule has 1 aromatic rings. The van der Waals surface area contributed by atoms with Gasteiger partial charge < -0.3 is 10.1 Å². The zero-order chi connectivity index (χ0) is 9.97. The molecule has 0 aromatic heterocycles. The summed E-state index contributed by atoms with van der Waals surface area (Å²) in [6.07, 6.45) is 2.49. The Labute approximate surface area is 85.3 Å². The van der Waals surface area contributed by atoms with Gasteiger partial charge in [0.15, 0.2) is 0 Å². The van der Waals surface area contributed by atoms with E-state index in [-0.39, 0.29) is 0 Å². The average Bonchev–Trinajstić information content (AvgIpc) is 2.70. The zero-order valence-electron chi connectivity index (χ0n) is 8.84. The van der Waals surface area contributed by atoms with Gasteiger partial charge in [-0.15, -0.1) is 0 Å². The molecule has 1 heterocycles. The molecule has 1 atom stereocenters. The third-order valence-electron chi connectivity index (χ3n) is 2.82. The summed E-state index contributed by atoms with van der Waals surface area (Å²) in [5, 5.41) is 3.49. The van der Waals surface area contributed by atoms with Gasteiger partial charge >= 0.3 is 0 Å². The molecule has 0 aliphatic carbocycles. The summed E-state index contributed by atoms with van der Waals surface area (Å²) in [7, 11) is 1.74. The van der Waals surface area contributed by atoms with Crippen molar-refractivity contribution in [2.45, 2.75) is 25.8 Å². The molecule has 0 amide bonds. The number of hydrogen-bond donors (Lipinski definition) is 1. The fourth-order valence-corrected chi connectivity index (χ4v) is 2.08. The third kappa shape index (κ3) is 1.75. The van der Waals surface area contributed by atoms with Crippen LogP contribution in [0, 0.1) is 6.92 Å². The minimum absolute atomic E-state index is 0.491. The predicted molar refractivity (Wildman–Crippen MR) is 57.7 cm³/mol. The van der Waals surface area contributed by atoms with Crippen molar-refractivity contribution in [3.05, 3.63) is 29.3 Å². The minimum atomic E-state index is 0.491. The van der Waals surface area contributed by atoms with Crippen LogP contribution in [0.4, 0.5) is 0 Å². The average molecular weight is 191 g/mol. The summed E-state index contributed by atoms with van der Waals surface area (Å²) in [5.41, 5.74) is 2.61. The monoisotopic (exact) mass is 191 g/mol. The minimum Gasteiger partial charge on any atom is -0.496 e. The van der Waals surface area contributed by atoms with E-state index in [2.05, 4.69) is 30.4 Å². The van der Waals surface area contributed by atoms with Crippen molar-refractivity contribution in [1.29, 1.82) is 0 Å². The van der Waals surface area contributed by atoms with Crippen molar-refractivity contribution in [3.8, 4) is 5.75 Å². The van der Waals surface area contributed by atoms with E-state index in [0.717, 1.165) is 12.3 Å². The topological polar surface area (TPSA) is 21.3 Å². The van der Waals surface area contributed by atoms with Crippen molar-refractivity contribution in [3.63, 3.8) is 0 Å². The molecule has 1 fully saturated rings. The maximum atomic E-state index is 5.37. The Morgan fingerprint density at radius 2 is 2.29 bits per heavy atom. The van der Waals surface area contributed by atoms with E-state index >= 15 is 0 Å². The lowest BCUT2D eigenvalue weighted by atomic mass is 10.0. The van der Waals surface area contributed by atoms with E-state index in [0.29, 0.717) is 6.04 Å². The molecule has 0 bridgehead atoms. The Morgan fingerprint density at radius 3 is 2.93 bits per heavy atom. The zero-order valence-corrected chi connectivity index (χ0v) is 8.84. The molecular weight excluding hydrogens is 174 g/mol. The van der Waals surface area contributed by atoms with E-state index in [9.17, 15) is 0 Å². The van der Waals surface area contributed by atoms with E-state index in [1.54, 1.807) is 7.11 Å². The van der Waals surface area contributed by atoms with Crippen LogP contribution in [0.25, 0.3) is 0 Å². The van der Waals surface area contributed by atoms with E-state index in [4.69, 9.17) is 4.74 Å². The van der Waals surface area contributed by atoms with Gasteiger partial charge in [0.05, 0.1) is 7.11 Å². The molecule has 2 heteroatoms. The van der Waals surface area contributed by atoms with Crippen molar-refractivity contribution in [1.82, 2.24) is 5.32 Å².